The first-order valence-corrected chi connectivity index (χ1v) is 14.5. The highest BCUT2D eigenvalue weighted by Crippen LogP contribution is 2.14. The van der Waals surface area contributed by atoms with Gasteiger partial charge in [-0.1, -0.05) is 24.3 Å². The van der Waals surface area contributed by atoms with Gasteiger partial charge >= 0.3 is 5.97 Å². The molecule has 4 unspecified atom stereocenters. The van der Waals surface area contributed by atoms with E-state index in [4.69, 9.17) is 11.5 Å². The molecule has 10 N–H and O–H groups in total. The third kappa shape index (κ3) is 11.7. The second kappa shape index (κ2) is 16.8. The number of rotatable bonds is 17. The Balaban J connectivity index is 2.24. The van der Waals surface area contributed by atoms with Crippen LogP contribution in [0.2, 0.25) is 0 Å². The quantitative estimate of drug-likeness (QED) is 0.118. The lowest BCUT2D eigenvalue weighted by molar-refractivity contribution is -0.142. The van der Waals surface area contributed by atoms with Gasteiger partial charge in [-0.15, -0.1) is 0 Å². The lowest BCUT2D eigenvalue weighted by Crippen LogP contribution is -2.58. The molecule has 2 aromatic carbocycles. The van der Waals surface area contributed by atoms with Crippen molar-refractivity contribution >= 4 is 41.4 Å². The van der Waals surface area contributed by atoms with Crippen LogP contribution in [0.1, 0.15) is 30.4 Å². The largest absolute Gasteiger partial charge is 0.508 e. The molecule has 0 heterocycles. The second-order valence-electron chi connectivity index (χ2n) is 9.66. The minimum absolute atomic E-state index is 0.00245. The summed E-state index contributed by atoms with van der Waals surface area (Å²) in [5, 5.41) is 36.1. The van der Waals surface area contributed by atoms with Crippen LogP contribution < -0.4 is 27.4 Å². The maximum atomic E-state index is 13.5. The molecule has 42 heavy (non-hydrogen) atoms. The van der Waals surface area contributed by atoms with Crippen LogP contribution in [0.25, 0.3) is 0 Å². The van der Waals surface area contributed by atoms with E-state index < -0.39 is 53.8 Å². The van der Waals surface area contributed by atoms with E-state index in [1.165, 1.54) is 36.0 Å². The van der Waals surface area contributed by atoms with Gasteiger partial charge in [0, 0.05) is 12.8 Å². The van der Waals surface area contributed by atoms with Crippen molar-refractivity contribution in [2.45, 2.75) is 56.3 Å². The number of hydrogen-bond donors (Lipinski definition) is 8. The standard InChI is InChI=1S/C28H37N5O8S/c1-42-13-12-22(28(40)41)32-26(38)21(10-11-24(30)36)31-27(39)23(15-17-4-8-19(35)9-5-17)33-25(37)20(29)14-16-2-6-18(34)7-3-16/h2-9,20-23,34-35H,10-15,29H2,1H3,(H2,30,36)(H,31,39)(H,32,38)(H,33,37)(H,40,41). The van der Waals surface area contributed by atoms with Crippen molar-refractivity contribution in [2.75, 3.05) is 12.0 Å². The van der Waals surface area contributed by atoms with Gasteiger partial charge in [-0.05, 0) is 66.7 Å². The molecule has 4 atom stereocenters. The summed E-state index contributed by atoms with van der Waals surface area (Å²) in [5.74, 6) is -3.74. The Kier molecular flexibility index (Phi) is 13.6. The van der Waals surface area contributed by atoms with Gasteiger partial charge in [-0.25, -0.2) is 4.79 Å². The van der Waals surface area contributed by atoms with E-state index in [1.54, 1.807) is 30.5 Å². The van der Waals surface area contributed by atoms with Gasteiger partial charge in [0.25, 0.3) is 0 Å². The Morgan fingerprint density at radius 2 is 1.21 bits per heavy atom. The highest BCUT2D eigenvalue weighted by Gasteiger charge is 2.30. The Morgan fingerprint density at radius 3 is 1.71 bits per heavy atom. The molecule has 0 aromatic heterocycles. The molecule has 2 rings (SSSR count). The van der Waals surface area contributed by atoms with Crippen LogP contribution in [0, 0.1) is 0 Å². The number of nitrogens with two attached hydrogens (primary N) is 2. The fourth-order valence-electron chi connectivity index (χ4n) is 3.93. The molecule has 0 radical (unpaired) electrons. The Bertz CT molecular complexity index is 1230. The third-order valence-electron chi connectivity index (χ3n) is 6.28. The monoisotopic (exact) mass is 603 g/mol. The molecule has 0 bridgehead atoms. The van der Waals surface area contributed by atoms with E-state index in [-0.39, 0.29) is 43.6 Å². The van der Waals surface area contributed by atoms with Crippen molar-refractivity contribution in [3.63, 3.8) is 0 Å². The van der Waals surface area contributed by atoms with E-state index in [9.17, 15) is 39.3 Å². The van der Waals surface area contributed by atoms with Gasteiger partial charge in [0.2, 0.25) is 23.6 Å². The molecule has 0 aliphatic heterocycles. The minimum atomic E-state index is -1.33. The zero-order valence-electron chi connectivity index (χ0n) is 23.1. The molecule has 14 heteroatoms. The molecule has 0 saturated heterocycles. The topological polar surface area (TPSA) is 234 Å². The molecule has 228 valence electrons. The zero-order chi connectivity index (χ0) is 31.2. The molecule has 0 saturated carbocycles. The summed E-state index contributed by atoms with van der Waals surface area (Å²) in [4.78, 5) is 62.6. The lowest BCUT2D eigenvalue weighted by Gasteiger charge is -2.25. The number of amides is 4. The van der Waals surface area contributed by atoms with Crippen molar-refractivity contribution in [1.82, 2.24) is 16.0 Å². The number of carboxylic acids is 1. The fourth-order valence-corrected chi connectivity index (χ4v) is 4.40. The van der Waals surface area contributed by atoms with E-state index in [0.29, 0.717) is 16.9 Å². The summed E-state index contributed by atoms with van der Waals surface area (Å²) in [7, 11) is 0. The van der Waals surface area contributed by atoms with Crippen LogP contribution in [0.5, 0.6) is 11.5 Å². The maximum absolute atomic E-state index is 13.5. The maximum Gasteiger partial charge on any atom is 0.326 e. The lowest BCUT2D eigenvalue weighted by atomic mass is 10.0. The van der Waals surface area contributed by atoms with Gasteiger partial charge in [0.1, 0.15) is 29.6 Å². The van der Waals surface area contributed by atoms with Crippen molar-refractivity contribution in [2.24, 2.45) is 11.5 Å². The normalized spacial score (nSPS) is 13.7. The highest BCUT2D eigenvalue weighted by atomic mass is 32.2. The highest BCUT2D eigenvalue weighted by molar-refractivity contribution is 7.98. The van der Waals surface area contributed by atoms with E-state index in [1.807, 2.05) is 0 Å². The zero-order valence-corrected chi connectivity index (χ0v) is 23.9. The Morgan fingerprint density at radius 1 is 0.738 bits per heavy atom. The summed E-state index contributed by atoms with van der Waals surface area (Å²) in [5.41, 5.74) is 12.6. The third-order valence-corrected chi connectivity index (χ3v) is 6.92. The molecule has 13 nitrogen and oxygen atoms in total. The summed E-state index contributed by atoms with van der Waals surface area (Å²) in [6.07, 6.45) is 1.51. The van der Waals surface area contributed by atoms with Gasteiger partial charge in [-0.3, -0.25) is 19.2 Å². The van der Waals surface area contributed by atoms with Crippen LogP contribution >= 0.6 is 11.8 Å². The number of aliphatic carboxylic acids is 1. The fraction of sp³-hybridized carbons (Fsp3) is 0.393. The SMILES string of the molecule is CSCCC(NC(=O)C(CCC(N)=O)NC(=O)C(Cc1ccc(O)cc1)NC(=O)C(N)Cc1ccc(O)cc1)C(=O)O. The van der Waals surface area contributed by atoms with Crippen molar-refractivity contribution < 1.29 is 39.3 Å². The number of thioether (sulfide) groups is 1. The summed E-state index contributed by atoms with van der Waals surface area (Å²) >= 11 is 1.40. The van der Waals surface area contributed by atoms with E-state index >= 15 is 0 Å². The predicted octanol–water partition coefficient (Wildman–Crippen LogP) is -0.232. The molecule has 4 amide bonds. The molecule has 0 aliphatic rings. The Hall–Kier alpha value is -4.30. The first-order valence-electron chi connectivity index (χ1n) is 13.1. The van der Waals surface area contributed by atoms with Gasteiger partial charge in [0.15, 0.2) is 0 Å². The van der Waals surface area contributed by atoms with Gasteiger partial charge in [0.05, 0.1) is 6.04 Å². The summed E-state index contributed by atoms with van der Waals surface area (Å²) in [6, 6.07) is 7.20. The van der Waals surface area contributed by atoms with E-state index in [0.717, 1.165) is 0 Å². The smallest absolute Gasteiger partial charge is 0.326 e. The second-order valence-corrected chi connectivity index (χ2v) is 10.6. The number of primary amides is 1. The molecule has 0 fully saturated rings. The summed E-state index contributed by atoms with van der Waals surface area (Å²) in [6.45, 7) is 0. The van der Waals surface area contributed by atoms with E-state index in [2.05, 4.69) is 16.0 Å². The average molecular weight is 604 g/mol. The number of hydrogen-bond acceptors (Lipinski definition) is 9. The number of benzene rings is 2. The first kappa shape index (κ1) is 33.9. The number of phenolic OH excluding ortho intramolecular Hbond substituents is 2. The number of carbonyl (C=O) groups excluding carboxylic acids is 4. The van der Waals surface area contributed by atoms with Crippen LogP contribution in [0.3, 0.4) is 0 Å². The summed E-state index contributed by atoms with van der Waals surface area (Å²) < 4.78 is 0. The number of aromatic hydroxyl groups is 2. The molecule has 0 aliphatic carbocycles. The van der Waals surface area contributed by atoms with Crippen LogP contribution in [-0.4, -0.2) is 81.1 Å². The first-order chi connectivity index (χ1) is 19.9. The van der Waals surface area contributed by atoms with Crippen molar-refractivity contribution in [3.05, 3.63) is 59.7 Å². The molecule has 2 aromatic rings. The van der Waals surface area contributed by atoms with Crippen LogP contribution in [0.4, 0.5) is 0 Å². The van der Waals surface area contributed by atoms with Crippen molar-refractivity contribution in [1.29, 1.82) is 0 Å². The van der Waals surface area contributed by atoms with Crippen LogP contribution in [0.15, 0.2) is 48.5 Å². The molecule has 0 spiro atoms. The molecular formula is C28H37N5O8S. The number of carboxylic acid groups (broad SMARTS) is 1. The number of nitrogens with one attached hydrogen (secondary N) is 3. The number of carbonyl (C=O) groups is 5. The molecular weight excluding hydrogens is 566 g/mol. The predicted molar refractivity (Wildman–Crippen MR) is 156 cm³/mol. The Labute approximate surface area is 247 Å². The van der Waals surface area contributed by atoms with Gasteiger partial charge in [-0.2, -0.15) is 11.8 Å². The average Bonchev–Trinajstić information content (AvgIpc) is 2.94. The minimum Gasteiger partial charge on any atom is -0.508 e. The van der Waals surface area contributed by atoms with Crippen molar-refractivity contribution in [3.8, 4) is 11.5 Å². The van der Waals surface area contributed by atoms with Gasteiger partial charge < -0.3 is 42.7 Å². The van der Waals surface area contributed by atoms with Crippen LogP contribution in [-0.2, 0) is 36.8 Å². The number of phenols is 2.